The van der Waals surface area contributed by atoms with E-state index in [-0.39, 0.29) is 0 Å². The fraction of sp³-hybridized carbons (Fsp3) is 0.733. The van der Waals surface area contributed by atoms with Gasteiger partial charge >= 0.3 is 0 Å². The van der Waals surface area contributed by atoms with Crippen molar-refractivity contribution in [2.24, 2.45) is 11.8 Å². The molecule has 1 nitrogen and oxygen atoms in total. The molecular weight excluding hydrogens is 256 g/mol. The van der Waals surface area contributed by atoms with Crippen LogP contribution in [0.5, 0.6) is 0 Å². The first kappa shape index (κ1) is 14.3. The smallest absolute Gasteiger partial charge is 0.218 e. The molecule has 1 saturated carbocycles. The first-order chi connectivity index (χ1) is 8.75. The first-order valence-corrected chi connectivity index (χ1v) is 10.1. The van der Waals surface area contributed by atoms with Gasteiger partial charge in [-0.25, -0.2) is 0 Å². The molecule has 1 aliphatic carbocycles. The highest BCUT2D eigenvalue weighted by molar-refractivity contribution is 7.21. The molecular formula is C15H26OSSi. The van der Waals surface area contributed by atoms with Crippen molar-refractivity contribution in [2.45, 2.75) is 52.0 Å². The van der Waals surface area contributed by atoms with Crippen LogP contribution in [0.15, 0.2) is 17.5 Å². The van der Waals surface area contributed by atoms with Gasteiger partial charge in [0, 0.05) is 11.1 Å². The van der Waals surface area contributed by atoms with Gasteiger partial charge in [-0.2, -0.15) is 11.3 Å². The molecule has 102 valence electrons. The van der Waals surface area contributed by atoms with Crippen LogP contribution in [0.2, 0.25) is 6.04 Å². The maximum absolute atomic E-state index is 6.39. The number of rotatable bonds is 6. The molecule has 0 aromatic carbocycles. The van der Waals surface area contributed by atoms with Gasteiger partial charge in [-0.05, 0) is 36.1 Å². The van der Waals surface area contributed by atoms with E-state index < -0.39 is 9.04 Å². The lowest BCUT2D eigenvalue weighted by molar-refractivity contribution is 0.210. The van der Waals surface area contributed by atoms with Gasteiger partial charge in [-0.15, -0.1) is 0 Å². The minimum atomic E-state index is -1.15. The normalized spacial score (nSPS) is 19.3. The van der Waals surface area contributed by atoms with Crippen molar-refractivity contribution in [1.29, 1.82) is 0 Å². The summed E-state index contributed by atoms with van der Waals surface area (Å²) >= 11 is 1.90. The summed E-state index contributed by atoms with van der Waals surface area (Å²) in [7, 11) is -1.15. The molecule has 0 N–H and O–H groups in total. The third kappa shape index (κ3) is 4.52. The Hall–Kier alpha value is -0.123. The van der Waals surface area contributed by atoms with Crippen LogP contribution in [0.1, 0.15) is 46.0 Å². The Kier molecular flexibility index (Phi) is 5.92. The molecule has 1 aromatic rings. The molecule has 0 saturated heterocycles. The van der Waals surface area contributed by atoms with Gasteiger partial charge in [0.05, 0.1) is 0 Å². The summed E-state index contributed by atoms with van der Waals surface area (Å²) in [5.41, 5.74) is 0. The van der Waals surface area contributed by atoms with Crippen molar-refractivity contribution in [3.05, 3.63) is 17.5 Å². The van der Waals surface area contributed by atoms with Crippen molar-refractivity contribution < 1.29 is 4.43 Å². The highest BCUT2D eigenvalue weighted by Crippen LogP contribution is 2.24. The van der Waals surface area contributed by atoms with Gasteiger partial charge in [-0.1, -0.05) is 45.2 Å². The largest absolute Gasteiger partial charge is 0.414 e. The third-order valence-corrected chi connectivity index (χ3v) is 8.50. The van der Waals surface area contributed by atoms with Crippen LogP contribution in [-0.4, -0.2) is 15.6 Å². The maximum Gasteiger partial charge on any atom is 0.218 e. The van der Waals surface area contributed by atoms with Gasteiger partial charge in [0.25, 0.3) is 0 Å². The summed E-state index contributed by atoms with van der Waals surface area (Å²) < 4.78 is 7.93. The Labute approximate surface area is 117 Å². The summed E-state index contributed by atoms with van der Waals surface area (Å²) in [4.78, 5) is 0. The second kappa shape index (κ2) is 7.46. The van der Waals surface area contributed by atoms with E-state index in [1.165, 1.54) is 38.1 Å². The average molecular weight is 283 g/mol. The quantitative estimate of drug-likeness (QED) is 0.718. The van der Waals surface area contributed by atoms with E-state index in [9.17, 15) is 0 Å². The molecule has 1 unspecified atom stereocenters. The van der Waals surface area contributed by atoms with Crippen molar-refractivity contribution >= 4 is 24.9 Å². The van der Waals surface area contributed by atoms with Crippen LogP contribution in [0.25, 0.3) is 0 Å². The minimum absolute atomic E-state index is 0.759. The average Bonchev–Trinajstić information content (AvgIpc) is 2.89. The summed E-state index contributed by atoms with van der Waals surface area (Å²) in [6.45, 7) is 5.66. The van der Waals surface area contributed by atoms with Crippen LogP contribution in [0, 0.1) is 11.8 Å². The fourth-order valence-corrected chi connectivity index (χ4v) is 6.80. The van der Waals surface area contributed by atoms with Crippen LogP contribution < -0.4 is 4.50 Å². The predicted octanol–water partition coefficient (Wildman–Crippen LogP) is 3.93. The standard InChI is InChI=1S/C15H26OSSi/c1-13(2)12-18(15-9-6-10-17-15)16-11-14-7-4-3-5-8-14/h6,9-10,13-14,18H,3-5,7-8,11-12H2,1-2H3. The molecule has 0 aliphatic heterocycles. The zero-order chi connectivity index (χ0) is 12.8. The molecule has 1 fully saturated rings. The fourth-order valence-electron chi connectivity index (χ4n) is 2.77. The molecule has 0 spiro atoms. The summed E-state index contributed by atoms with van der Waals surface area (Å²) in [5.74, 6) is 1.61. The SMILES string of the molecule is CC(C)C[SiH](OCC1CCCCC1)c1cccs1. The van der Waals surface area contributed by atoms with Crippen LogP contribution in [-0.2, 0) is 4.43 Å². The number of thiophene rings is 1. The third-order valence-electron chi connectivity index (χ3n) is 3.80. The van der Waals surface area contributed by atoms with Crippen LogP contribution in [0.4, 0.5) is 0 Å². The molecule has 1 aliphatic rings. The predicted molar refractivity (Wildman–Crippen MR) is 83.3 cm³/mol. The summed E-state index contributed by atoms with van der Waals surface area (Å²) in [6, 6.07) is 5.74. The molecule has 1 atom stereocenters. The monoisotopic (exact) mass is 282 g/mol. The molecule has 1 heterocycles. The zero-order valence-electron chi connectivity index (χ0n) is 11.7. The van der Waals surface area contributed by atoms with Crippen LogP contribution in [0.3, 0.4) is 0 Å². The molecule has 3 heteroatoms. The van der Waals surface area contributed by atoms with Crippen molar-refractivity contribution in [1.82, 2.24) is 0 Å². The van der Waals surface area contributed by atoms with E-state index in [0.29, 0.717) is 0 Å². The highest BCUT2D eigenvalue weighted by atomic mass is 32.1. The Morgan fingerprint density at radius 1 is 1.33 bits per heavy atom. The van der Waals surface area contributed by atoms with Crippen molar-refractivity contribution in [3.63, 3.8) is 0 Å². The Balaban J connectivity index is 1.84. The molecule has 0 radical (unpaired) electrons. The van der Waals surface area contributed by atoms with E-state index in [1.54, 1.807) is 4.50 Å². The topological polar surface area (TPSA) is 9.23 Å². The van der Waals surface area contributed by atoms with Gasteiger partial charge in [0.1, 0.15) is 0 Å². The molecule has 2 rings (SSSR count). The van der Waals surface area contributed by atoms with Gasteiger partial charge in [-0.3, -0.25) is 0 Å². The molecule has 0 bridgehead atoms. The van der Waals surface area contributed by atoms with E-state index in [4.69, 9.17) is 4.43 Å². The lowest BCUT2D eigenvalue weighted by Gasteiger charge is -2.24. The van der Waals surface area contributed by atoms with Gasteiger partial charge < -0.3 is 4.43 Å². The lowest BCUT2D eigenvalue weighted by Crippen LogP contribution is -2.34. The zero-order valence-corrected chi connectivity index (χ0v) is 13.7. The first-order valence-electron chi connectivity index (χ1n) is 7.40. The van der Waals surface area contributed by atoms with E-state index >= 15 is 0 Å². The maximum atomic E-state index is 6.39. The molecule has 0 amide bonds. The van der Waals surface area contributed by atoms with Gasteiger partial charge in [0.15, 0.2) is 0 Å². The van der Waals surface area contributed by atoms with E-state index in [2.05, 4.69) is 31.4 Å². The van der Waals surface area contributed by atoms with Crippen molar-refractivity contribution in [3.8, 4) is 0 Å². The number of hydrogen-bond acceptors (Lipinski definition) is 2. The van der Waals surface area contributed by atoms with Crippen molar-refractivity contribution in [2.75, 3.05) is 6.61 Å². The molecule has 18 heavy (non-hydrogen) atoms. The Morgan fingerprint density at radius 2 is 2.11 bits per heavy atom. The van der Waals surface area contributed by atoms with E-state index in [0.717, 1.165) is 18.4 Å². The lowest BCUT2D eigenvalue weighted by atomic mass is 9.90. The summed E-state index contributed by atoms with van der Waals surface area (Å²) in [5, 5.41) is 2.19. The second-order valence-electron chi connectivity index (χ2n) is 5.97. The highest BCUT2D eigenvalue weighted by Gasteiger charge is 2.21. The number of hydrogen-bond donors (Lipinski definition) is 0. The Bertz CT molecular complexity index is 317. The van der Waals surface area contributed by atoms with Gasteiger partial charge in [0.2, 0.25) is 9.04 Å². The Morgan fingerprint density at radius 3 is 2.72 bits per heavy atom. The molecule has 1 aromatic heterocycles. The minimum Gasteiger partial charge on any atom is -0.414 e. The second-order valence-corrected chi connectivity index (χ2v) is 9.77. The van der Waals surface area contributed by atoms with E-state index in [1.807, 2.05) is 11.3 Å². The summed E-state index contributed by atoms with van der Waals surface area (Å²) in [6.07, 6.45) is 7.07. The van der Waals surface area contributed by atoms with Crippen LogP contribution >= 0.6 is 11.3 Å².